The molecule has 7 heteroatoms. The highest BCUT2D eigenvalue weighted by molar-refractivity contribution is 5.77. The van der Waals surface area contributed by atoms with Crippen molar-refractivity contribution in [2.75, 3.05) is 0 Å². The minimum absolute atomic E-state index is 0.123. The summed E-state index contributed by atoms with van der Waals surface area (Å²) in [4.78, 5) is 25.5. The van der Waals surface area contributed by atoms with Crippen molar-refractivity contribution >= 4 is 5.97 Å². The van der Waals surface area contributed by atoms with Crippen LogP contribution in [0.25, 0.3) is 0 Å². The third kappa shape index (κ3) is 3.53. The fourth-order valence-corrected chi connectivity index (χ4v) is 3.75. The van der Waals surface area contributed by atoms with Crippen molar-refractivity contribution in [1.82, 2.24) is 10.2 Å². The van der Waals surface area contributed by atoms with Gasteiger partial charge < -0.3 is 14.9 Å². The van der Waals surface area contributed by atoms with Crippen LogP contribution in [0.3, 0.4) is 0 Å². The molecular weight excluding hydrogens is 346 g/mol. The van der Waals surface area contributed by atoms with Crippen LogP contribution in [-0.4, -0.2) is 32.5 Å². The summed E-state index contributed by atoms with van der Waals surface area (Å²) in [5.41, 5.74) is -0.356. The topological polar surface area (TPSA) is 119 Å². The average Bonchev–Trinajstić information content (AvgIpc) is 2.91. The maximum absolute atomic E-state index is 13.0. The SMILES string of the molecule is CC(C)(C)OC(=O)C1C(c2ccc(C#N)cc2)c2c([nH][nH]c2=O)CC1(C)O. The summed E-state index contributed by atoms with van der Waals surface area (Å²) in [6, 6.07) is 8.72. The standard InChI is InChI=1S/C20H23N3O4/c1-19(2,3)27-18(25)16-14(12-7-5-11(10-21)6-8-12)15-13(9-20(16,4)26)22-23-17(15)24/h5-8,14,16,26H,9H2,1-4H3,(H2,22,23,24). The zero-order valence-electron chi connectivity index (χ0n) is 15.8. The van der Waals surface area contributed by atoms with Crippen molar-refractivity contribution in [2.45, 2.75) is 51.2 Å². The lowest BCUT2D eigenvalue weighted by molar-refractivity contribution is -0.171. The predicted molar refractivity (Wildman–Crippen MR) is 98.1 cm³/mol. The molecule has 0 spiro atoms. The van der Waals surface area contributed by atoms with Gasteiger partial charge in [0.25, 0.3) is 5.56 Å². The Bertz CT molecular complexity index is 955. The number of hydrogen-bond acceptors (Lipinski definition) is 5. The molecule has 0 fully saturated rings. The largest absolute Gasteiger partial charge is 0.460 e. The van der Waals surface area contributed by atoms with Crippen LogP contribution in [-0.2, 0) is 16.0 Å². The van der Waals surface area contributed by atoms with Crippen LogP contribution in [0.5, 0.6) is 0 Å². The van der Waals surface area contributed by atoms with Crippen molar-refractivity contribution < 1.29 is 14.6 Å². The zero-order chi connectivity index (χ0) is 20.0. The van der Waals surface area contributed by atoms with Gasteiger partial charge in [0.15, 0.2) is 0 Å². The molecule has 1 heterocycles. The fourth-order valence-electron chi connectivity index (χ4n) is 3.75. The quantitative estimate of drug-likeness (QED) is 0.699. The minimum Gasteiger partial charge on any atom is -0.460 e. The maximum Gasteiger partial charge on any atom is 0.313 e. The number of carbonyl (C=O) groups is 1. The molecule has 1 aromatic carbocycles. The Morgan fingerprint density at radius 2 is 1.93 bits per heavy atom. The highest BCUT2D eigenvalue weighted by Gasteiger charge is 2.51. The molecule has 1 aliphatic carbocycles. The van der Waals surface area contributed by atoms with Crippen LogP contribution in [0.4, 0.5) is 0 Å². The number of esters is 1. The zero-order valence-corrected chi connectivity index (χ0v) is 15.8. The van der Waals surface area contributed by atoms with E-state index < -0.39 is 29.0 Å². The number of hydrogen-bond donors (Lipinski definition) is 3. The first-order valence-corrected chi connectivity index (χ1v) is 8.78. The van der Waals surface area contributed by atoms with Gasteiger partial charge in [0.2, 0.25) is 0 Å². The van der Waals surface area contributed by atoms with Crippen LogP contribution in [0, 0.1) is 17.2 Å². The molecule has 0 bridgehead atoms. The van der Waals surface area contributed by atoms with Gasteiger partial charge in [0.05, 0.1) is 23.2 Å². The number of aliphatic hydroxyl groups is 1. The van der Waals surface area contributed by atoms with Crippen molar-refractivity contribution in [3.05, 3.63) is 57.0 Å². The van der Waals surface area contributed by atoms with Gasteiger partial charge in [0.1, 0.15) is 5.60 Å². The summed E-state index contributed by atoms with van der Waals surface area (Å²) in [7, 11) is 0. The van der Waals surface area contributed by atoms with E-state index >= 15 is 0 Å². The Morgan fingerprint density at radius 1 is 1.30 bits per heavy atom. The first-order valence-electron chi connectivity index (χ1n) is 8.78. The van der Waals surface area contributed by atoms with E-state index in [1.807, 2.05) is 6.07 Å². The molecule has 0 saturated heterocycles. The second-order valence-corrected chi connectivity index (χ2v) is 8.23. The smallest absolute Gasteiger partial charge is 0.313 e. The van der Waals surface area contributed by atoms with Gasteiger partial charge in [-0.05, 0) is 45.4 Å². The Morgan fingerprint density at radius 3 is 2.48 bits per heavy atom. The Balaban J connectivity index is 2.18. The first-order chi connectivity index (χ1) is 12.5. The summed E-state index contributed by atoms with van der Waals surface area (Å²) in [5.74, 6) is -2.22. The van der Waals surface area contributed by atoms with Crippen LogP contribution >= 0.6 is 0 Å². The third-order valence-corrected chi connectivity index (χ3v) is 4.81. The van der Waals surface area contributed by atoms with E-state index in [1.54, 1.807) is 52.0 Å². The molecule has 142 valence electrons. The fraction of sp³-hybridized carbons (Fsp3) is 0.450. The second-order valence-electron chi connectivity index (χ2n) is 8.23. The van der Waals surface area contributed by atoms with Crippen LogP contribution < -0.4 is 5.56 Å². The maximum atomic E-state index is 13.0. The average molecular weight is 369 g/mol. The van der Waals surface area contributed by atoms with Gasteiger partial charge in [0, 0.05) is 23.6 Å². The molecule has 0 aliphatic heterocycles. The number of nitrogens with one attached hydrogen (secondary N) is 2. The normalized spacial score (nSPS) is 24.7. The highest BCUT2D eigenvalue weighted by atomic mass is 16.6. The molecule has 1 aliphatic rings. The van der Waals surface area contributed by atoms with E-state index in [9.17, 15) is 14.7 Å². The lowest BCUT2D eigenvalue weighted by atomic mass is 9.66. The molecule has 0 amide bonds. The van der Waals surface area contributed by atoms with E-state index in [1.165, 1.54) is 0 Å². The summed E-state index contributed by atoms with van der Waals surface area (Å²) in [6.07, 6.45) is 0.123. The van der Waals surface area contributed by atoms with E-state index in [2.05, 4.69) is 10.2 Å². The molecule has 3 rings (SSSR count). The van der Waals surface area contributed by atoms with Crippen molar-refractivity contribution in [2.24, 2.45) is 5.92 Å². The number of rotatable bonds is 2. The number of ether oxygens (including phenoxy) is 1. The van der Waals surface area contributed by atoms with Crippen molar-refractivity contribution in [3.63, 3.8) is 0 Å². The van der Waals surface area contributed by atoms with Gasteiger partial charge in [-0.15, -0.1) is 0 Å². The van der Waals surface area contributed by atoms with E-state index in [4.69, 9.17) is 10.00 Å². The van der Waals surface area contributed by atoms with Gasteiger partial charge in [-0.2, -0.15) is 5.26 Å². The summed E-state index contributed by atoms with van der Waals surface area (Å²) in [5, 5.41) is 25.5. The molecule has 3 N–H and O–H groups in total. The Labute approximate surface area is 157 Å². The van der Waals surface area contributed by atoms with Gasteiger partial charge in [-0.3, -0.25) is 14.7 Å². The molecule has 1 aromatic heterocycles. The van der Waals surface area contributed by atoms with Crippen molar-refractivity contribution in [3.8, 4) is 6.07 Å². The predicted octanol–water partition coefficient (Wildman–Crippen LogP) is 1.97. The monoisotopic (exact) mass is 369 g/mol. The van der Waals surface area contributed by atoms with Crippen molar-refractivity contribution in [1.29, 1.82) is 5.26 Å². The van der Waals surface area contributed by atoms with E-state index in [0.717, 1.165) is 0 Å². The Hall–Kier alpha value is -2.85. The number of benzene rings is 1. The molecule has 3 unspecified atom stereocenters. The Kier molecular flexibility index (Phi) is 4.48. The number of carbonyl (C=O) groups excluding carboxylic acids is 1. The highest BCUT2D eigenvalue weighted by Crippen LogP contribution is 2.44. The lowest BCUT2D eigenvalue weighted by Gasteiger charge is -2.41. The lowest BCUT2D eigenvalue weighted by Crippen LogP contribution is -2.51. The minimum atomic E-state index is -1.42. The summed E-state index contributed by atoms with van der Waals surface area (Å²) < 4.78 is 5.57. The molecule has 0 radical (unpaired) electrons. The summed E-state index contributed by atoms with van der Waals surface area (Å²) in [6.45, 7) is 6.85. The van der Waals surface area contributed by atoms with Crippen LogP contribution in [0.2, 0.25) is 0 Å². The van der Waals surface area contributed by atoms with Crippen LogP contribution in [0.1, 0.15) is 56.0 Å². The number of H-pyrrole nitrogens is 2. The molecule has 3 atom stereocenters. The van der Waals surface area contributed by atoms with Gasteiger partial charge in [-0.25, -0.2) is 0 Å². The molecule has 2 aromatic rings. The van der Waals surface area contributed by atoms with Gasteiger partial charge in [-0.1, -0.05) is 12.1 Å². The van der Waals surface area contributed by atoms with E-state index in [0.29, 0.717) is 22.4 Å². The third-order valence-electron chi connectivity index (χ3n) is 4.81. The van der Waals surface area contributed by atoms with E-state index in [-0.39, 0.29) is 12.0 Å². The van der Waals surface area contributed by atoms with Crippen LogP contribution in [0.15, 0.2) is 29.1 Å². The molecule has 7 nitrogen and oxygen atoms in total. The number of aromatic nitrogens is 2. The van der Waals surface area contributed by atoms with Gasteiger partial charge >= 0.3 is 5.97 Å². The first kappa shape index (κ1) is 18.9. The molecular formula is C20H23N3O4. The molecule has 0 saturated carbocycles. The number of fused-ring (bicyclic) bond motifs is 1. The number of aromatic amines is 2. The second kappa shape index (κ2) is 6.39. The molecule has 27 heavy (non-hydrogen) atoms. The number of nitriles is 1. The number of nitrogens with zero attached hydrogens (tertiary/aromatic N) is 1. The summed E-state index contributed by atoms with van der Waals surface area (Å²) >= 11 is 0.